The normalized spacial score (nSPS) is 14.2. The number of anilines is 2. The zero-order valence-electron chi connectivity index (χ0n) is 13.8. The Kier molecular flexibility index (Phi) is 7.25. The Morgan fingerprint density at radius 1 is 1.23 bits per heavy atom. The van der Waals surface area contributed by atoms with Crippen molar-refractivity contribution in [1.29, 1.82) is 0 Å². The maximum Gasteiger partial charge on any atom is 0.261 e. The van der Waals surface area contributed by atoms with Gasteiger partial charge in [0.15, 0.2) is 5.13 Å². The number of rotatable bonds is 6. The van der Waals surface area contributed by atoms with Gasteiger partial charge in [-0.1, -0.05) is 29.5 Å². The molecule has 1 saturated carbocycles. The van der Waals surface area contributed by atoms with Crippen LogP contribution in [0.3, 0.4) is 0 Å². The lowest BCUT2D eigenvalue weighted by atomic mass is 10.2. The van der Waals surface area contributed by atoms with Crippen molar-refractivity contribution in [2.75, 3.05) is 11.9 Å². The molecule has 5 nitrogen and oxygen atoms in total. The van der Waals surface area contributed by atoms with E-state index in [0.29, 0.717) is 17.3 Å². The number of nitrogens with two attached hydrogens (primary N) is 1. The van der Waals surface area contributed by atoms with Crippen LogP contribution in [0.1, 0.15) is 22.5 Å². The molecule has 1 fully saturated rings. The van der Waals surface area contributed by atoms with Gasteiger partial charge in [-0.3, -0.25) is 4.79 Å². The molecule has 140 valence electrons. The van der Waals surface area contributed by atoms with Crippen molar-refractivity contribution >= 4 is 73.7 Å². The van der Waals surface area contributed by atoms with Crippen LogP contribution in [0, 0.1) is 5.92 Å². The average Bonchev–Trinajstić information content (AvgIpc) is 3.26. The van der Waals surface area contributed by atoms with Gasteiger partial charge in [0.1, 0.15) is 4.83 Å². The van der Waals surface area contributed by atoms with Crippen LogP contribution in [-0.2, 0) is 0 Å². The number of benzene rings is 1. The van der Waals surface area contributed by atoms with E-state index in [4.69, 9.17) is 5.73 Å². The summed E-state index contributed by atoms with van der Waals surface area (Å²) >= 11 is 2.97. The first kappa shape index (κ1) is 20.9. The van der Waals surface area contributed by atoms with Gasteiger partial charge in [-0.05, 0) is 37.0 Å². The highest BCUT2D eigenvalue weighted by atomic mass is 35.5. The van der Waals surface area contributed by atoms with Gasteiger partial charge >= 0.3 is 0 Å². The molecule has 1 aliphatic rings. The Morgan fingerprint density at radius 2 is 1.96 bits per heavy atom. The van der Waals surface area contributed by atoms with Crippen LogP contribution in [0.2, 0.25) is 0 Å². The summed E-state index contributed by atoms with van der Waals surface area (Å²) in [6, 6.07) is 11.9. The van der Waals surface area contributed by atoms with E-state index in [1.54, 1.807) is 11.3 Å². The van der Waals surface area contributed by atoms with Crippen molar-refractivity contribution in [1.82, 2.24) is 10.3 Å². The summed E-state index contributed by atoms with van der Waals surface area (Å²) < 4.78 is 1.02. The standard InChI is InChI=1S/C17H18N4OS2.2ClH/c18-12(10-6-7-10)9-19-15(22)13-8-14-16(23-13)21-17(24-14)20-11-4-2-1-3-5-11;;/h1-5,8,10,12H,6-7,9,18H2,(H,19,22)(H,20,21);2*1H. The van der Waals surface area contributed by atoms with Gasteiger partial charge in [-0.15, -0.1) is 36.2 Å². The second kappa shape index (κ2) is 9.01. The predicted octanol–water partition coefficient (Wildman–Crippen LogP) is 4.41. The summed E-state index contributed by atoms with van der Waals surface area (Å²) in [6.45, 7) is 0.545. The van der Waals surface area contributed by atoms with Crippen LogP contribution in [0.25, 0.3) is 9.53 Å². The van der Waals surface area contributed by atoms with Crippen molar-refractivity contribution in [2.45, 2.75) is 18.9 Å². The second-order valence-corrected chi connectivity index (χ2v) is 8.06. The van der Waals surface area contributed by atoms with Gasteiger partial charge in [0.2, 0.25) is 0 Å². The Labute approximate surface area is 172 Å². The average molecular weight is 431 g/mol. The molecule has 2 heterocycles. The molecule has 1 atom stereocenters. The molecule has 0 radical (unpaired) electrons. The largest absolute Gasteiger partial charge is 0.350 e. The monoisotopic (exact) mass is 430 g/mol. The molecule has 3 aromatic rings. The number of hydrogen-bond acceptors (Lipinski definition) is 6. The molecule has 26 heavy (non-hydrogen) atoms. The number of thiazole rings is 1. The fraction of sp³-hybridized carbons (Fsp3) is 0.294. The van der Waals surface area contributed by atoms with Gasteiger partial charge in [-0.25, -0.2) is 4.98 Å². The van der Waals surface area contributed by atoms with Gasteiger partial charge in [0, 0.05) is 18.3 Å². The summed E-state index contributed by atoms with van der Waals surface area (Å²) in [4.78, 5) is 18.4. The molecule has 0 aliphatic heterocycles. The van der Waals surface area contributed by atoms with Crippen LogP contribution in [0.4, 0.5) is 10.8 Å². The minimum atomic E-state index is -0.0566. The quantitative estimate of drug-likeness (QED) is 0.540. The SMILES string of the molecule is Cl.Cl.NC(CNC(=O)c1cc2sc(Nc3ccccc3)nc2s1)C1CC1. The number of carbonyl (C=O) groups is 1. The fourth-order valence-corrected chi connectivity index (χ4v) is 4.59. The van der Waals surface area contributed by atoms with E-state index < -0.39 is 0 Å². The molecule has 4 rings (SSSR count). The minimum absolute atomic E-state index is 0. The van der Waals surface area contributed by atoms with E-state index in [1.807, 2.05) is 36.4 Å². The van der Waals surface area contributed by atoms with Gasteiger partial charge in [0.05, 0.1) is 9.58 Å². The molecular formula is C17H20Cl2N4OS2. The van der Waals surface area contributed by atoms with Crippen molar-refractivity contribution in [3.63, 3.8) is 0 Å². The second-order valence-electron chi connectivity index (χ2n) is 6.00. The third-order valence-corrected chi connectivity index (χ3v) is 6.14. The van der Waals surface area contributed by atoms with Crippen molar-refractivity contribution < 1.29 is 4.79 Å². The molecule has 1 amide bonds. The zero-order valence-corrected chi connectivity index (χ0v) is 17.1. The highest BCUT2D eigenvalue weighted by Gasteiger charge is 2.28. The number of nitrogens with one attached hydrogen (secondary N) is 2. The first-order chi connectivity index (χ1) is 11.7. The summed E-state index contributed by atoms with van der Waals surface area (Å²) in [5.41, 5.74) is 7.03. The maximum atomic E-state index is 12.2. The van der Waals surface area contributed by atoms with E-state index in [-0.39, 0.29) is 36.8 Å². The molecule has 1 aliphatic carbocycles. The van der Waals surface area contributed by atoms with E-state index in [1.165, 1.54) is 24.2 Å². The van der Waals surface area contributed by atoms with Crippen molar-refractivity contribution in [3.8, 4) is 0 Å². The molecule has 4 N–H and O–H groups in total. The fourth-order valence-electron chi connectivity index (χ4n) is 2.53. The topological polar surface area (TPSA) is 80.0 Å². The van der Waals surface area contributed by atoms with E-state index >= 15 is 0 Å². The molecule has 1 unspecified atom stereocenters. The van der Waals surface area contributed by atoms with Crippen molar-refractivity contribution in [3.05, 3.63) is 41.3 Å². The first-order valence-corrected chi connectivity index (χ1v) is 9.58. The zero-order chi connectivity index (χ0) is 16.5. The highest BCUT2D eigenvalue weighted by Crippen LogP contribution is 2.34. The maximum absolute atomic E-state index is 12.2. The third kappa shape index (κ3) is 4.86. The number of aromatic nitrogens is 1. The Hall–Kier alpha value is -1.38. The first-order valence-electron chi connectivity index (χ1n) is 7.95. The summed E-state index contributed by atoms with van der Waals surface area (Å²) in [6.07, 6.45) is 2.37. The smallest absolute Gasteiger partial charge is 0.261 e. The van der Waals surface area contributed by atoms with E-state index in [9.17, 15) is 4.79 Å². The molecule has 2 aromatic heterocycles. The van der Waals surface area contributed by atoms with E-state index in [2.05, 4.69) is 15.6 Å². The molecule has 0 saturated heterocycles. The predicted molar refractivity (Wildman–Crippen MR) is 115 cm³/mol. The van der Waals surface area contributed by atoms with Crippen LogP contribution >= 0.6 is 47.5 Å². The van der Waals surface area contributed by atoms with Crippen LogP contribution < -0.4 is 16.4 Å². The number of thiophene rings is 1. The third-order valence-electron chi connectivity index (χ3n) is 4.06. The Bertz CT molecular complexity index is 833. The molecule has 9 heteroatoms. The molecule has 1 aromatic carbocycles. The number of amides is 1. The molecular weight excluding hydrogens is 411 g/mol. The van der Waals surface area contributed by atoms with Crippen LogP contribution in [0.5, 0.6) is 0 Å². The number of carbonyl (C=O) groups excluding carboxylic acids is 1. The lowest BCUT2D eigenvalue weighted by Gasteiger charge is -2.10. The summed E-state index contributed by atoms with van der Waals surface area (Å²) in [7, 11) is 0. The lowest BCUT2D eigenvalue weighted by molar-refractivity contribution is 0.0954. The number of fused-ring (bicyclic) bond motifs is 1. The number of halogens is 2. The number of hydrogen-bond donors (Lipinski definition) is 3. The van der Waals surface area contributed by atoms with Gasteiger partial charge in [-0.2, -0.15) is 0 Å². The summed E-state index contributed by atoms with van der Waals surface area (Å²) in [5.74, 6) is 0.532. The van der Waals surface area contributed by atoms with Gasteiger partial charge < -0.3 is 16.4 Å². The van der Waals surface area contributed by atoms with Crippen LogP contribution in [0.15, 0.2) is 36.4 Å². The minimum Gasteiger partial charge on any atom is -0.350 e. The van der Waals surface area contributed by atoms with Gasteiger partial charge in [0.25, 0.3) is 5.91 Å². The van der Waals surface area contributed by atoms with E-state index in [0.717, 1.165) is 20.3 Å². The highest BCUT2D eigenvalue weighted by molar-refractivity contribution is 7.29. The molecule has 0 bridgehead atoms. The van der Waals surface area contributed by atoms with Crippen LogP contribution in [-0.4, -0.2) is 23.5 Å². The van der Waals surface area contributed by atoms with Crippen molar-refractivity contribution in [2.24, 2.45) is 11.7 Å². The Morgan fingerprint density at radius 3 is 2.62 bits per heavy atom. The number of nitrogens with zero attached hydrogens (tertiary/aromatic N) is 1. The summed E-state index contributed by atoms with van der Waals surface area (Å²) in [5, 5.41) is 7.06. The number of para-hydroxylation sites is 1. The lowest BCUT2D eigenvalue weighted by Crippen LogP contribution is -2.38. The Balaban J connectivity index is 0.00000121. The molecule has 0 spiro atoms.